The number of hydrogen-bond acceptors (Lipinski definition) is 9. The van der Waals surface area contributed by atoms with Crippen LogP contribution in [0.25, 0.3) is 0 Å². The molecule has 12 nitrogen and oxygen atoms in total. The number of amides is 2. The number of nitrogens with zero attached hydrogens (tertiary/aromatic N) is 5. The smallest absolute Gasteiger partial charge is 0.352 e. The number of aryl methyl sites for hydroxylation is 2. The Bertz CT molecular complexity index is 1170. The van der Waals surface area contributed by atoms with Crippen molar-refractivity contribution in [3.05, 3.63) is 27.3 Å². The Hall–Kier alpha value is -1.77. The molecule has 2 amide bonds. The van der Waals surface area contributed by atoms with Crippen LogP contribution in [0.3, 0.4) is 0 Å². The minimum absolute atomic E-state index is 0. The fourth-order valence-corrected chi connectivity index (χ4v) is 5.75. The van der Waals surface area contributed by atoms with E-state index in [-0.39, 0.29) is 61.5 Å². The number of carboxylic acids is 1. The summed E-state index contributed by atoms with van der Waals surface area (Å²) in [6, 6.07) is -1.16. The maximum Gasteiger partial charge on any atom is 0.352 e. The Kier molecular flexibility index (Phi) is 12.9. The third-order valence-corrected chi connectivity index (χ3v) is 7.92. The summed E-state index contributed by atoms with van der Waals surface area (Å²) in [5, 5.41) is 21.0. The van der Waals surface area contributed by atoms with E-state index in [9.17, 15) is 24.3 Å². The normalized spacial score (nSPS) is 18.9. The van der Waals surface area contributed by atoms with Crippen LogP contribution in [0.15, 0.2) is 26.2 Å². The Morgan fingerprint density at radius 2 is 1.97 bits per heavy atom. The Labute approximate surface area is 255 Å². The minimum Gasteiger partial charge on any atom is -0.477 e. The molecule has 15 heteroatoms. The van der Waals surface area contributed by atoms with Gasteiger partial charge in [-0.15, -0.1) is 0 Å². The van der Waals surface area contributed by atoms with Crippen molar-refractivity contribution in [2.24, 2.45) is 12.0 Å². The molecule has 3 rings (SSSR count). The van der Waals surface area contributed by atoms with Crippen LogP contribution < -0.4 is 16.2 Å². The number of aliphatic imine (C=N–C) groups is 1. The van der Waals surface area contributed by atoms with Crippen molar-refractivity contribution in [1.29, 1.82) is 0 Å². The number of β-lactam (4-membered cyclic amide) rings is 1. The second kappa shape index (κ2) is 15.1. The number of carboxylic acid groups (broad SMARTS) is 1. The van der Waals surface area contributed by atoms with Gasteiger partial charge in [-0.05, 0) is 38.2 Å². The van der Waals surface area contributed by atoms with Crippen molar-refractivity contribution < 1.29 is 52.2 Å². The van der Waals surface area contributed by atoms with Gasteiger partial charge in [-0.3, -0.25) is 24.3 Å². The summed E-state index contributed by atoms with van der Waals surface area (Å²) in [6.45, 7) is 7.06. The molecule has 205 valence electrons. The summed E-state index contributed by atoms with van der Waals surface area (Å²) in [5.74, 6) is -1.57. The van der Waals surface area contributed by atoms with Crippen LogP contribution in [0.1, 0.15) is 45.2 Å². The number of fused-ring (bicyclic) bond motifs is 1. The van der Waals surface area contributed by atoms with Crippen molar-refractivity contribution in [2.45, 2.75) is 63.7 Å². The minimum atomic E-state index is -1.20. The number of nitrogens with one attached hydrogen (secondary N) is 2. The number of rotatable bonds is 11. The summed E-state index contributed by atoms with van der Waals surface area (Å²) >= 11 is 2.49. The number of carbonyl (C=O) groups is 3. The zero-order valence-corrected chi connectivity index (χ0v) is 26.5. The van der Waals surface area contributed by atoms with Crippen LogP contribution in [-0.2, 0) is 54.1 Å². The van der Waals surface area contributed by atoms with E-state index in [0.29, 0.717) is 35.3 Å². The van der Waals surface area contributed by atoms with E-state index in [1.54, 1.807) is 14.0 Å². The summed E-state index contributed by atoms with van der Waals surface area (Å²) in [6.07, 6.45) is 2.81. The van der Waals surface area contributed by atoms with Gasteiger partial charge in [-0.2, -0.15) is 10.1 Å². The largest absolute Gasteiger partial charge is 0.477 e. The third kappa shape index (κ3) is 7.89. The van der Waals surface area contributed by atoms with Crippen molar-refractivity contribution in [3.8, 4) is 0 Å². The number of amidine groups is 1. The van der Waals surface area contributed by atoms with E-state index < -0.39 is 29.5 Å². The van der Waals surface area contributed by atoms with Crippen molar-refractivity contribution >= 4 is 46.5 Å². The molecule has 0 aromatic carbocycles. The average Bonchev–Trinajstić information content (AvgIpc) is 2.87. The van der Waals surface area contributed by atoms with Crippen LogP contribution in [0.2, 0.25) is 0 Å². The second-order valence-electron chi connectivity index (χ2n) is 8.72. The van der Waals surface area contributed by atoms with E-state index in [2.05, 4.69) is 25.7 Å². The van der Waals surface area contributed by atoms with Gasteiger partial charge in [0.15, 0.2) is 10.3 Å². The fraction of sp³-hybridized carbons (Fsp3) is 0.609. The second-order valence-corrected chi connectivity index (χ2v) is 10.6. The third-order valence-electron chi connectivity index (χ3n) is 5.86. The summed E-state index contributed by atoms with van der Waals surface area (Å²) < 4.78 is 1.47. The summed E-state index contributed by atoms with van der Waals surface area (Å²) in [7, 11) is 1.66. The first-order chi connectivity index (χ1) is 17.7. The van der Waals surface area contributed by atoms with Gasteiger partial charge in [0.1, 0.15) is 17.4 Å². The van der Waals surface area contributed by atoms with Gasteiger partial charge in [0.2, 0.25) is 5.91 Å². The molecule has 3 N–H and O–H groups in total. The van der Waals surface area contributed by atoms with Gasteiger partial charge in [0, 0.05) is 58.6 Å². The van der Waals surface area contributed by atoms with E-state index >= 15 is 0 Å². The van der Waals surface area contributed by atoms with Crippen LogP contribution in [0, 0.1) is 6.92 Å². The van der Waals surface area contributed by atoms with Crippen LogP contribution in [-0.4, -0.2) is 84.4 Å². The van der Waals surface area contributed by atoms with E-state index in [4.69, 9.17) is 0 Å². The Morgan fingerprint density at radius 3 is 2.63 bits per heavy atom. The average molecular weight is 641 g/mol. The van der Waals surface area contributed by atoms with Crippen LogP contribution in [0.5, 0.6) is 0 Å². The zero-order valence-electron chi connectivity index (χ0n) is 22.0. The van der Waals surface area contributed by atoms with E-state index in [1.165, 1.54) is 33.1 Å². The molecule has 38 heavy (non-hydrogen) atoms. The molecule has 0 bridgehead atoms. The molecule has 2 aliphatic heterocycles. The molecular weight excluding hydrogens is 607 g/mol. The summed E-state index contributed by atoms with van der Waals surface area (Å²) in [5.41, 5.74) is 0.362. The van der Waals surface area contributed by atoms with E-state index in [0.717, 1.165) is 19.4 Å². The van der Waals surface area contributed by atoms with Gasteiger partial charge < -0.3 is 15.7 Å². The number of hydrogen-bond donors (Lipinski definition) is 3. The zero-order chi connectivity index (χ0) is 27.1. The molecule has 2 unspecified atom stereocenters. The topological polar surface area (TPSA) is 159 Å². The van der Waals surface area contributed by atoms with Gasteiger partial charge in [0.25, 0.3) is 11.5 Å². The number of aromatic nitrogens is 3. The predicted octanol–water partition coefficient (Wildman–Crippen LogP) is 0.900. The molecule has 1 aromatic heterocycles. The molecule has 1 aromatic rings. The first-order valence-electron chi connectivity index (χ1n) is 12.2. The van der Waals surface area contributed by atoms with Gasteiger partial charge in [-0.25, -0.2) is 9.48 Å². The van der Waals surface area contributed by atoms with Gasteiger partial charge in [0.05, 0.1) is 11.8 Å². The predicted molar refractivity (Wildman–Crippen MR) is 143 cm³/mol. The maximum absolute atomic E-state index is 12.9. The molecule has 2 atom stereocenters. The molecule has 1 radical (unpaired) electrons. The number of aliphatic carboxylic acids is 1. The van der Waals surface area contributed by atoms with Gasteiger partial charge in [-0.1, -0.05) is 37.4 Å². The maximum atomic E-state index is 12.9. The molecule has 0 spiro atoms. The Morgan fingerprint density at radius 1 is 1.24 bits per heavy atom. The summed E-state index contributed by atoms with van der Waals surface area (Å²) in [4.78, 5) is 59.2. The number of thioether (sulfide) groups is 2. The van der Waals surface area contributed by atoms with Gasteiger partial charge >= 0.3 is 5.97 Å². The van der Waals surface area contributed by atoms with Crippen LogP contribution >= 0.6 is 23.5 Å². The molecule has 3 heterocycles. The molecular formula is C23H33N7O5S2Y. The monoisotopic (exact) mass is 640 g/mol. The van der Waals surface area contributed by atoms with E-state index in [1.807, 2.05) is 13.8 Å². The standard InChI is InChI=1S/C23H33N7O5S2.Y/c1-5-9-24-22(25-10-6-2)36-12-16(31)26-17-15-8-7-14(18(21(34)35)30(15)20(17)33)11-37-23-27-19(32)13(3)28-29(23)4;/h15,17H,5-12H2,1-4H3,(H,24,25)(H,26,31)(H,34,35);. The Balaban J connectivity index is 0.00000507. The molecule has 1 saturated heterocycles. The van der Waals surface area contributed by atoms with Crippen LogP contribution in [0.4, 0.5) is 0 Å². The molecule has 2 aliphatic rings. The van der Waals surface area contributed by atoms with Crippen molar-refractivity contribution in [1.82, 2.24) is 30.3 Å². The molecule has 0 saturated carbocycles. The molecule has 0 aliphatic carbocycles. The van der Waals surface area contributed by atoms with Crippen molar-refractivity contribution in [2.75, 3.05) is 24.6 Å². The first kappa shape index (κ1) is 32.4. The SMILES string of the molecule is CCCN=C(NCCC)SCC(=O)NC1C(=O)N2C(C(=O)O)=C(CSc3nc(=O)c(C)nn3C)CCC12.[Y]. The van der Waals surface area contributed by atoms with Crippen molar-refractivity contribution in [3.63, 3.8) is 0 Å². The quantitative estimate of drug-likeness (QED) is 0.137. The fourth-order valence-electron chi connectivity index (χ4n) is 4.06. The first-order valence-corrected chi connectivity index (χ1v) is 14.2. The molecule has 1 fully saturated rings. The number of carbonyl (C=O) groups excluding carboxylic acids is 2.